The summed E-state index contributed by atoms with van der Waals surface area (Å²) < 4.78 is 0. The van der Waals surface area contributed by atoms with Gasteiger partial charge in [-0.05, 0) is 12.8 Å². The van der Waals surface area contributed by atoms with Crippen LogP contribution in [0.5, 0.6) is 0 Å². The van der Waals surface area contributed by atoms with Crippen LogP contribution in [0, 0.1) is 5.92 Å². The summed E-state index contributed by atoms with van der Waals surface area (Å²) in [6.07, 6.45) is 6.66. The number of hydrogen-bond donors (Lipinski definition) is 2. The highest BCUT2D eigenvalue weighted by atomic mass is 16.2. The number of nitrogens with one attached hydrogen (secondary N) is 2. The lowest BCUT2D eigenvalue weighted by Gasteiger charge is -2.16. The first-order valence-corrected chi connectivity index (χ1v) is 6.95. The van der Waals surface area contributed by atoms with Gasteiger partial charge in [0.15, 0.2) is 0 Å². The van der Waals surface area contributed by atoms with Crippen molar-refractivity contribution in [1.29, 1.82) is 0 Å². The van der Waals surface area contributed by atoms with E-state index in [0.717, 1.165) is 30.7 Å². The Bertz CT molecular complexity index is 375. The van der Waals surface area contributed by atoms with Crippen LogP contribution < -0.4 is 10.7 Å². The molecule has 1 heterocycles. The number of nitrogens with zero attached hydrogens (tertiary/aromatic N) is 1. The summed E-state index contributed by atoms with van der Waals surface area (Å²) in [6, 6.07) is 0.201. The van der Waals surface area contributed by atoms with E-state index in [9.17, 15) is 14.4 Å². The SMILES string of the molecule is CN1NC(=O)C(CC(=O)NC2CCCCCC2)C1=O. The standard InChI is InChI=1S/C13H21N3O3/c1-16-13(19)10(12(18)15-16)8-11(17)14-9-6-4-2-3-5-7-9/h9-10H,2-8H2,1H3,(H,14,17)(H,15,18). The molecule has 0 aromatic carbocycles. The first-order valence-electron chi connectivity index (χ1n) is 6.95. The number of hydrogen-bond acceptors (Lipinski definition) is 3. The van der Waals surface area contributed by atoms with E-state index in [4.69, 9.17) is 0 Å². The summed E-state index contributed by atoms with van der Waals surface area (Å²) in [5, 5.41) is 4.10. The monoisotopic (exact) mass is 267 g/mol. The summed E-state index contributed by atoms with van der Waals surface area (Å²) in [6.45, 7) is 0. The second kappa shape index (κ2) is 6.04. The van der Waals surface area contributed by atoms with Crippen molar-refractivity contribution < 1.29 is 14.4 Å². The molecule has 106 valence electrons. The van der Waals surface area contributed by atoms with E-state index in [1.807, 2.05) is 0 Å². The molecular formula is C13H21N3O3. The van der Waals surface area contributed by atoms with E-state index < -0.39 is 5.92 Å². The second-order valence-electron chi connectivity index (χ2n) is 5.39. The van der Waals surface area contributed by atoms with E-state index in [1.54, 1.807) is 0 Å². The average Bonchev–Trinajstić information content (AvgIpc) is 2.60. The van der Waals surface area contributed by atoms with Crippen molar-refractivity contribution in [3.63, 3.8) is 0 Å². The summed E-state index contributed by atoms with van der Waals surface area (Å²) in [7, 11) is 1.49. The van der Waals surface area contributed by atoms with Gasteiger partial charge in [0.05, 0.1) is 0 Å². The maximum absolute atomic E-state index is 11.9. The Hall–Kier alpha value is -1.59. The normalized spacial score (nSPS) is 25.1. The van der Waals surface area contributed by atoms with Crippen LogP contribution in [0.4, 0.5) is 0 Å². The molecule has 2 fully saturated rings. The highest BCUT2D eigenvalue weighted by molar-refractivity contribution is 6.07. The molecule has 1 aliphatic carbocycles. The van der Waals surface area contributed by atoms with Crippen molar-refractivity contribution in [3.05, 3.63) is 0 Å². The van der Waals surface area contributed by atoms with Gasteiger partial charge in [0.2, 0.25) is 5.91 Å². The molecule has 0 bridgehead atoms. The van der Waals surface area contributed by atoms with Crippen LogP contribution in [-0.2, 0) is 14.4 Å². The van der Waals surface area contributed by atoms with E-state index in [1.165, 1.54) is 19.9 Å². The third kappa shape index (κ3) is 3.45. The van der Waals surface area contributed by atoms with Crippen molar-refractivity contribution in [2.45, 2.75) is 51.0 Å². The van der Waals surface area contributed by atoms with Gasteiger partial charge in [-0.2, -0.15) is 0 Å². The first kappa shape index (κ1) is 13.8. The van der Waals surface area contributed by atoms with E-state index in [-0.39, 0.29) is 30.2 Å². The lowest BCUT2D eigenvalue weighted by molar-refractivity contribution is -0.135. The molecule has 1 atom stereocenters. The van der Waals surface area contributed by atoms with Crippen LogP contribution in [0.3, 0.4) is 0 Å². The summed E-state index contributed by atoms with van der Waals surface area (Å²) in [5.74, 6) is -1.78. The van der Waals surface area contributed by atoms with E-state index in [0.29, 0.717) is 0 Å². The molecule has 2 rings (SSSR count). The minimum absolute atomic E-state index is 0.0501. The second-order valence-corrected chi connectivity index (χ2v) is 5.39. The van der Waals surface area contributed by atoms with Gasteiger partial charge in [-0.3, -0.25) is 24.8 Å². The van der Waals surface area contributed by atoms with Crippen LogP contribution in [-0.4, -0.2) is 35.8 Å². The molecular weight excluding hydrogens is 246 g/mol. The number of rotatable bonds is 3. The highest BCUT2D eigenvalue weighted by Crippen LogP contribution is 2.18. The smallest absolute Gasteiger partial charge is 0.253 e. The Kier molecular flexibility index (Phi) is 4.39. The zero-order chi connectivity index (χ0) is 13.8. The van der Waals surface area contributed by atoms with Crippen LogP contribution in [0.15, 0.2) is 0 Å². The molecule has 0 spiro atoms. The average molecular weight is 267 g/mol. The van der Waals surface area contributed by atoms with Gasteiger partial charge in [-0.15, -0.1) is 0 Å². The Labute approximate surface area is 112 Å². The van der Waals surface area contributed by atoms with Gasteiger partial charge < -0.3 is 5.32 Å². The summed E-state index contributed by atoms with van der Waals surface area (Å²) in [4.78, 5) is 35.1. The Morgan fingerprint density at radius 1 is 1.26 bits per heavy atom. The van der Waals surface area contributed by atoms with Crippen LogP contribution in [0.2, 0.25) is 0 Å². The number of carbonyl (C=O) groups excluding carboxylic acids is 3. The van der Waals surface area contributed by atoms with Gasteiger partial charge in [0.1, 0.15) is 5.92 Å². The molecule has 6 heteroatoms. The largest absolute Gasteiger partial charge is 0.353 e. The molecule has 1 unspecified atom stereocenters. The minimum atomic E-state index is -0.865. The molecule has 6 nitrogen and oxygen atoms in total. The fourth-order valence-corrected chi connectivity index (χ4v) is 2.72. The zero-order valence-electron chi connectivity index (χ0n) is 11.3. The molecule has 2 N–H and O–H groups in total. The predicted molar refractivity (Wildman–Crippen MR) is 68.7 cm³/mol. The Morgan fingerprint density at radius 2 is 1.89 bits per heavy atom. The fraction of sp³-hybridized carbons (Fsp3) is 0.769. The zero-order valence-corrected chi connectivity index (χ0v) is 11.3. The summed E-state index contributed by atoms with van der Waals surface area (Å²) in [5.41, 5.74) is 2.40. The molecule has 1 aliphatic heterocycles. The fourth-order valence-electron chi connectivity index (χ4n) is 2.72. The Morgan fingerprint density at radius 3 is 2.42 bits per heavy atom. The lowest BCUT2D eigenvalue weighted by atomic mass is 10.0. The third-order valence-electron chi connectivity index (χ3n) is 3.83. The molecule has 0 aromatic heterocycles. The van der Waals surface area contributed by atoms with Crippen molar-refractivity contribution in [2.24, 2.45) is 5.92 Å². The van der Waals surface area contributed by atoms with Crippen molar-refractivity contribution in [3.8, 4) is 0 Å². The third-order valence-corrected chi connectivity index (χ3v) is 3.83. The molecule has 0 radical (unpaired) electrons. The van der Waals surface area contributed by atoms with Crippen molar-refractivity contribution >= 4 is 17.7 Å². The van der Waals surface area contributed by atoms with Gasteiger partial charge in [0, 0.05) is 19.5 Å². The van der Waals surface area contributed by atoms with Gasteiger partial charge >= 0.3 is 0 Å². The van der Waals surface area contributed by atoms with Crippen molar-refractivity contribution in [1.82, 2.24) is 15.8 Å². The van der Waals surface area contributed by atoms with Crippen molar-refractivity contribution in [2.75, 3.05) is 7.05 Å². The van der Waals surface area contributed by atoms with Crippen LogP contribution >= 0.6 is 0 Å². The van der Waals surface area contributed by atoms with Crippen LogP contribution in [0.25, 0.3) is 0 Å². The van der Waals surface area contributed by atoms with Crippen LogP contribution in [0.1, 0.15) is 44.9 Å². The predicted octanol–water partition coefficient (Wildman–Crippen LogP) is 0.335. The topological polar surface area (TPSA) is 78.5 Å². The maximum Gasteiger partial charge on any atom is 0.253 e. The maximum atomic E-state index is 11.9. The molecule has 1 saturated heterocycles. The molecule has 2 aliphatic rings. The number of amides is 3. The molecule has 19 heavy (non-hydrogen) atoms. The number of hydrazine groups is 1. The first-order chi connectivity index (χ1) is 9.08. The lowest BCUT2D eigenvalue weighted by Crippen LogP contribution is -2.37. The van der Waals surface area contributed by atoms with Gasteiger partial charge in [-0.25, -0.2) is 0 Å². The molecule has 3 amide bonds. The highest BCUT2D eigenvalue weighted by Gasteiger charge is 2.38. The van der Waals surface area contributed by atoms with Gasteiger partial charge in [0.25, 0.3) is 11.8 Å². The van der Waals surface area contributed by atoms with E-state index in [2.05, 4.69) is 10.7 Å². The number of carbonyl (C=O) groups is 3. The van der Waals surface area contributed by atoms with E-state index >= 15 is 0 Å². The van der Waals surface area contributed by atoms with Gasteiger partial charge in [-0.1, -0.05) is 25.7 Å². The molecule has 1 saturated carbocycles. The minimum Gasteiger partial charge on any atom is -0.353 e. The Balaban J connectivity index is 1.83. The molecule has 0 aromatic rings. The summed E-state index contributed by atoms with van der Waals surface area (Å²) >= 11 is 0. The quantitative estimate of drug-likeness (QED) is 0.571.